The summed E-state index contributed by atoms with van der Waals surface area (Å²) in [7, 11) is 0. The quantitative estimate of drug-likeness (QED) is 0.438. The smallest absolute Gasteiger partial charge is 0.270 e. The molecule has 0 atom stereocenters. The van der Waals surface area contributed by atoms with Gasteiger partial charge < -0.3 is 4.74 Å². The summed E-state index contributed by atoms with van der Waals surface area (Å²) in [4.78, 5) is 13.5. The molecule has 0 N–H and O–H groups in total. The fraction of sp³-hybridized carbons (Fsp3) is 0.182. The van der Waals surface area contributed by atoms with E-state index in [4.69, 9.17) is 40.2 Å². The van der Waals surface area contributed by atoms with Crippen LogP contribution in [-0.2, 0) is 0 Å². The summed E-state index contributed by atoms with van der Waals surface area (Å²) >= 11 is 18.2. The van der Waals surface area contributed by atoms with Crippen molar-refractivity contribution in [3.8, 4) is 17.3 Å². The molecule has 0 radical (unpaired) electrons. The molecule has 1 aromatic heterocycles. The van der Waals surface area contributed by atoms with Gasteiger partial charge in [-0.25, -0.2) is 0 Å². The van der Waals surface area contributed by atoms with Crippen LogP contribution < -0.4 is 10.3 Å². The topological polar surface area (TPSA) is 36.2 Å². The van der Waals surface area contributed by atoms with E-state index in [9.17, 15) is 4.79 Å². The first-order chi connectivity index (χ1) is 13.7. The molecule has 0 unspecified atom stereocenters. The molecule has 0 saturated carbocycles. The van der Waals surface area contributed by atoms with Crippen LogP contribution in [0.2, 0.25) is 10.0 Å². The van der Waals surface area contributed by atoms with Crippen LogP contribution >= 0.6 is 35.4 Å². The SMILES string of the molecule is CC1=CC(C)(C)Oc2c1c(=O)n(-c1cccc(Cl)c1)c(=S)n2-c1cccc(Cl)c1. The van der Waals surface area contributed by atoms with Crippen molar-refractivity contribution in [1.82, 2.24) is 9.13 Å². The highest BCUT2D eigenvalue weighted by Crippen LogP contribution is 2.36. The van der Waals surface area contributed by atoms with Crippen LogP contribution in [0.15, 0.2) is 59.4 Å². The summed E-state index contributed by atoms with van der Waals surface area (Å²) < 4.78 is 9.72. The van der Waals surface area contributed by atoms with E-state index in [1.807, 2.05) is 39.0 Å². The molecule has 2 aromatic carbocycles. The number of nitrogens with zero attached hydrogens (tertiary/aromatic N) is 2. The number of hydrogen-bond donors (Lipinski definition) is 0. The lowest BCUT2D eigenvalue weighted by Crippen LogP contribution is -2.36. The fourth-order valence-electron chi connectivity index (χ4n) is 3.58. The Hall–Kier alpha value is -2.34. The maximum atomic E-state index is 13.5. The Labute approximate surface area is 183 Å². The minimum absolute atomic E-state index is 0.255. The Morgan fingerprint density at radius 3 is 2.07 bits per heavy atom. The first-order valence-corrected chi connectivity index (χ1v) is 10.2. The van der Waals surface area contributed by atoms with Crippen molar-refractivity contribution in [1.29, 1.82) is 0 Å². The third-order valence-corrected chi connectivity index (χ3v) is 5.50. The molecule has 7 heteroatoms. The lowest BCUT2D eigenvalue weighted by Gasteiger charge is -2.32. The van der Waals surface area contributed by atoms with Crippen molar-refractivity contribution < 1.29 is 4.74 Å². The third kappa shape index (κ3) is 3.54. The Balaban J connectivity index is 2.17. The maximum Gasteiger partial charge on any atom is 0.270 e. The maximum absolute atomic E-state index is 13.5. The third-order valence-electron chi connectivity index (χ3n) is 4.67. The fourth-order valence-corrected chi connectivity index (χ4v) is 4.33. The average molecular weight is 445 g/mol. The first kappa shape index (κ1) is 20.0. The largest absolute Gasteiger partial charge is 0.468 e. The van der Waals surface area contributed by atoms with E-state index >= 15 is 0 Å². The molecule has 0 amide bonds. The summed E-state index contributed by atoms with van der Waals surface area (Å²) in [5, 5.41) is 1.07. The molecule has 0 aliphatic carbocycles. The molecule has 148 valence electrons. The molecule has 0 fully saturated rings. The summed E-state index contributed by atoms with van der Waals surface area (Å²) in [6.45, 7) is 5.78. The molecule has 0 saturated heterocycles. The van der Waals surface area contributed by atoms with E-state index in [2.05, 4.69) is 0 Å². The van der Waals surface area contributed by atoms with Gasteiger partial charge in [0.15, 0.2) is 4.77 Å². The van der Waals surface area contributed by atoms with Crippen LogP contribution in [0.1, 0.15) is 26.3 Å². The molecule has 0 spiro atoms. The number of halogens is 2. The average Bonchev–Trinajstić information content (AvgIpc) is 2.60. The molecule has 1 aliphatic heterocycles. The summed E-state index contributed by atoms with van der Waals surface area (Å²) in [5.41, 5.74) is 1.73. The van der Waals surface area contributed by atoms with Gasteiger partial charge in [-0.1, -0.05) is 35.3 Å². The van der Waals surface area contributed by atoms with Crippen LogP contribution in [0.5, 0.6) is 5.88 Å². The molecule has 0 bridgehead atoms. The van der Waals surface area contributed by atoms with Gasteiger partial charge in [0.05, 0.1) is 11.4 Å². The van der Waals surface area contributed by atoms with E-state index in [0.29, 0.717) is 32.9 Å². The Bertz CT molecular complexity index is 1290. The minimum Gasteiger partial charge on any atom is -0.468 e. The van der Waals surface area contributed by atoms with Gasteiger partial charge in [0.2, 0.25) is 5.88 Å². The van der Waals surface area contributed by atoms with E-state index in [-0.39, 0.29) is 10.3 Å². The monoisotopic (exact) mass is 444 g/mol. The van der Waals surface area contributed by atoms with Crippen molar-refractivity contribution in [3.63, 3.8) is 0 Å². The molecule has 29 heavy (non-hydrogen) atoms. The molecule has 2 heterocycles. The number of fused-ring (bicyclic) bond motifs is 1. The lowest BCUT2D eigenvalue weighted by molar-refractivity contribution is 0.144. The highest BCUT2D eigenvalue weighted by molar-refractivity contribution is 7.71. The summed E-state index contributed by atoms with van der Waals surface area (Å²) in [6.07, 6.45) is 1.93. The van der Waals surface area contributed by atoms with Gasteiger partial charge in [-0.2, -0.15) is 0 Å². The van der Waals surface area contributed by atoms with E-state index in [0.717, 1.165) is 5.57 Å². The molecular formula is C22H18Cl2N2O2S. The highest BCUT2D eigenvalue weighted by atomic mass is 35.5. The van der Waals surface area contributed by atoms with Gasteiger partial charge in [0.1, 0.15) is 11.2 Å². The number of ether oxygens (including phenoxy) is 1. The van der Waals surface area contributed by atoms with Gasteiger partial charge in [0.25, 0.3) is 5.56 Å². The molecule has 3 aromatic rings. The predicted molar refractivity (Wildman–Crippen MR) is 121 cm³/mol. The second-order valence-electron chi connectivity index (χ2n) is 7.43. The predicted octanol–water partition coefficient (Wildman–Crippen LogP) is 6.24. The normalized spacial score (nSPS) is 14.7. The number of allylic oxidation sites excluding steroid dienone is 1. The van der Waals surface area contributed by atoms with Crippen molar-refractivity contribution in [2.45, 2.75) is 26.4 Å². The first-order valence-electron chi connectivity index (χ1n) is 9.01. The number of aromatic nitrogens is 2. The van der Waals surface area contributed by atoms with Crippen molar-refractivity contribution in [2.24, 2.45) is 0 Å². The Kier molecular flexibility index (Phi) is 4.93. The van der Waals surface area contributed by atoms with Gasteiger partial charge in [0, 0.05) is 10.0 Å². The second-order valence-corrected chi connectivity index (χ2v) is 8.67. The number of benzene rings is 2. The van der Waals surface area contributed by atoms with Crippen LogP contribution in [0.25, 0.3) is 16.9 Å². The number of hydrogen-bond acceptors (Lipinski definition) is 3. The van der Waals surface area contributed by atoms with Gasteiger partial charge in [-0.15, -0.1) is 0 Å². The zero-order valence-corrected chi connectivity index (χ0v) is 18.4. The van der Waals surface area contributed by atoms with Crippen LogP contribution in [0.4, 0.5) is 0 Å². The van der Waals surface area contributed by atoms with Crippen LogP contribution in [0, 0.1) is 4.77 Å². The Morgan fingerprint density at radius 1 is 0.966 bits per heavy atom. The standard InChI is InChI=1S/C22H18Cl2N2O2S/c1-13-12-22(2,3)28-20-18(13)19(27)25(16-8-4-6-14(23)10-16)21(29)26(20)17-9-5-7-15(24)11-17/h4-12H,1-3H3. The van der Waals surface area contributed by atoms with E-state index in [1.54, 1.807) is 41.0 Å². The second kappa shape index (κ2) is 7.17. The van der Waals surface area contributed by atoms with Crippen LogP contribution in [-0.4, -0.2) is 14.7 Å². The van der Waals surface area contributed by atoms with Crippen molar-refractivity contribution >= 4 is 41.0 Å². The summed E-state index contributed by atoms with van der Waals surface area (Å²) in [5.74, 6) is 0.408. The minimum atomic E-state index is -0.589. The van der Waals surface area contributed by atoms with E-state index in [1.165, 1.54) is 4.57 Å². The molecular weight excluding hydrogens is 427 g/mol. The Morgan fingerprint density at radius 2 is 1.52 bits per heavy atom. The van der Waals surface area contributed by atoms with Gasteiger partial charge >= 0.3 is 0 Å². The van der Waals surface area contributed by atoms with Crippen LogP contribution in [0.3, 0.4) is 0 Å². The highest BCUT2D eigenvalue weighted by Gasteiger charge is 2.31. The molecule has 1 aliphatic rings. The van der Waals surface area contributed by atoms with E-state index < -0.39 is 5.60 Å². The zero-order chi connectivity index (χ0) is 20.9. The zero-order valence-electron chi connectivity index (χ0n) is 16.1. The number of rotatable bonds is 2. The van der Waals surface area contributed by atoms with Gasteiger partial charge in [-0.05, 0) is 81.0 Å². The van der Waals surface area contributed by atoms with Gasteiger partial charge in [-0.3, -0.25) is 13.9 Å². The van der Waals surface area contributed by atoms with Crippen molar-refractivity contribution in [2.75, 3.05) is 0 Å². The molecule has 4 rings (SSSR count). The molecule has 4 nitrogen and oxygen atoms in total. The summed E-state index contributed by atoms with van der Waals surface area (Å²) in [6, 6.07) is 14.3. The van der Waals surface area contributed by atoms with Crippen molar-refractivity contribution in [3.05, 3.63) is 85.3 Å². The lowest BCUT2D eigenvalue weighted by atomic mass is 9.98.